The summed E-state index contributed by atoms with van der Waals surface area (Å²) in [4.78, 5) is 0. The molecule has 0 aliphatic carbocycles. The fraction of sp³-hybridized carbons (Fsp3) is 0.700. The molecule has 2 heteroatoms. The Balaban J connectivity index is 2.46. The molecule has 1 aromatic rings. The second-order valence-corrected chi connectivity index (χ2v) is 3.27. The zero-order valence-electron chi connectivity index (χ0n) is 8.18. The number of hydrogen-bond donors (Lipinski definition) is 0. The smallest absolute Gasteiger partial charge is 0.139 e. The van der Waals surface area contributed by atoms with Crippen LogP contribution in [0.5, 0.6) is 0 Å². The van der Waals surface area contributed by atoms with Gasteiger partial charge in [-0.2, -0.15) is 0 Å². The molecule has 1 heterocycles. The number of nitrogens with zero attached hydrogens (tertiary/aromatic N) is 1. The molecule has 0 saturated carbocycles. The van der Waals surface area contributed by atoms with E-state index in [1.807, 2.05) is 6.92 Å². The molecule has 0 spiro atoms. The summed E-state index contributed by atoms with van der Waals surface area (Å²) in [7, 11) is 0. The van der Waals surface area contributed by atoms with Crippen LogP contribution in [0.4, 0.5) is 0 Å². The van der Waals surface area contributed by atoms with E-state index < -0.39 is 0 Å². The van der Waals surface area contributed by atoms with Crippen molar-refractivity contribution < 1.29 is 4.52 Å². The van der Waals surface area contributed by atoms with Gasteiger partial charge < -0.3 is 4.52 Å². The normalized spacial score (nSPS) is 10.6. The summed E-state index contributed by atoms with van der Waals surface area (Å²) >= 11 is 0. The predicted molar refractivity (Wildman–Crippen MR) is 49.2 cm³/mol. The van der Waals surface area contributed by atoms with E-state index in [-0.39, 0.29) is 0 Å². The summed E-state index contributed by atoms with van der Waals surface area (Å²) < 4.78 is 5.19. The number of unbranched alkanes of at least 4 members (excludes halogenated alkanes) is 2. The Morgan fingerprint density at radius 1 is 1.25 bits per heavy atom. The highest BCUT2D eigenvalue weighted by Gasteiger charge is 2.06. The summed E-state index contributed by atoms with van der Waals surface area (Å²) in [6, 6.07) is 0. The van der Waals surface area contributed by atoms with E-state index >= 15 is 0 Å². The fourth-order valence-corrected chi connectivity index (χ4v) is 1.23. The lowest BCUT2D eigenvalue weighted by Crippen LogP contribution is -1.85. The van der Waals surface area contributed by atoms with Gasteiger partial charge in [-0.3, -0.25) is 0 Å². The van der Waals surface area contributed by atoms with Gasteiger partial charge in [0.15, 0.2) is 0 Å². The fourth-order valence-electron chi connectivity index (χ4n) is 1.23. The standard InChI is InChI=1S/C10H17NO/c1-4-5-6-7-10-8(2)9(3)11-12-10/h4-7H2,1-3H3. The van der Waals surface area contributed by atoms with E-state index in [2.05, 4.69) is 19.0 Å². The molecule has 68 valence electrons. The molecule has 0 aliphatic rings. The Kier molecular flexibility index (Phi) is 3.32. The maximum absolute atomic E-state index is 5.19. The summed E-state index contributed by atoms with van der Waals surface area (Å²) in [6.45, 7) is 6.27. The molecule has 0 saturated heterocycles. The van der Waals surface area contributed by atoms with Gasteiger partial charge >= 0.3 is 0 Å². The second kappa shape index (κ2) is 4.29. The lowest BCUT2D eigenvalue weighted by Gasteiger charge is -1.95. The zero-order chi connectivity index (χ0) is 8.97. The van der Waals surface area contributed by atoms with Crippen LogP contribution < -0.4 is 0 Å². The Hall–Kier alpha value is -0.790. The molecule has 1 aromatic heterocycles. The SMILES string of the molecule is CCCCCc1onc(C)c1C. The quantitative estimate of drug-likeness (QED) is 0.644. The summed E-state index contributed by atoms with van der Waals surface area (Å²) in [5.41, 5.74) is 2.26. The molecular formula is C10H17NO. The van der Waals surface area contributed by atoms with Gasteiger partial charge in [0.05, 0.1) is 5.69 Å². The van der Waals surface area contributed by atoms with Gasteiger partial charge in [0.2, 0.25) is 0 Å². The average Bonchev–Trinajstić information content (AvgIpc) is 2.36. The van der Waals surface area contributed by atoms with Gasteiger partial charge in [-0.1, -0.05) is 24.9 Å². The van der Waals surface area contributed by atoms with Gasteiger partial charge in [0.1, 0.15) is 5.76 Å². The second-order valence-electron chi connectivity index (χ2n) is 3.27. The van der Waals surface area contributed by atoms with Crippen LogP contribution in [0.3, 0.4) is 0 Å². The van der Waals surface area contributed by atoms with Crippen molar-refractivity contribution in [2.45, 2.75) is 46.5 Å². The number of aromatic nitrogens is 1. The van der Waals surface area contributed by atoms with Gasteiger partial charge in [-0.05, 0) is 20.3 Å². The molecule has 0 N–H and O–H groups in total. The predicted octanol–water partition coefficient (Wildman–Crippen LogP) is 3.02. The van der Waals surface area contributed by atoms with Crippen molar-refractivity contribution in [1.82, 2.24) is 5.16 Å². The lowest BCUT2D eigenvalue weighted by atomic mass is 10.1. The van der Waals surface area contributed by atoms with Crippen molar-refractivity contribution >= 4 is 0 Å². The molecule has 0 bridgehead atoms. The first-order valence-electron chi connectivity index (χ1n) is 4.67. The first kappa shape index (κ1) is 9.30. The molecule has 0 atom stereocenters. The molecule has 0 amide bonds. The molecule has 2 nitrogen and oxygen atoms in total. The Morgan fingerprint density at radius 2 is 2.00 bits per heavy atom. The van der Waals surface area contributed by atoms with Crippen LogP contribution in [-0.4, -0.2) is 5.16 Å². The molecule has 1 rings (SSSR count). The van der Waals surface area contributed by atoms with Gasteiger partial charge in [-0.15, -0.1) is 0 Å². The molecule has 0 radical (unpaired) electrons. The third-order valence-electron chi connectivity index (χ3n) is 2.26. The Bertz CT molecular complexity index is 240. The first-order valence-corrected chi connectivity index (χ1v) is 4.67. The number of aryl methyl sites for hydroxylation is 2. The van der Waals surface area contributed by atoms with Crippen LogP contribution in [0.2, 0.25) is 0 Å². The van der Waals surface area contributed by atoms with E-state index in [0.29, 0.717) is 0 Å². The average molecular weight is 167 g/mol. The minimum atomic E-state index is 1.03. The zero-order valence-corrected chi connectivity index (χ0v) is 8.18. The van der Waals surface area contributed by atoms with Crippen molar-refractivity contribution in [3.63, 3.8) is 0 Å². The maximum atomic E-state index is 5.19. The van der Waals surface area contributed by atoms with Crippen molar-refractivity contribution in [2.75, 3.05) is 0 Å². The van der Waals surface area contributed by atoms with Gasteiger partial charge in [0.25, 0.3) is 0 Å². The minimum Gasteiger partial charge on any atom is -0.361 e. The summed E-state index contributed by atoms with van der Waals surface area (Å²) in [6.07, 6.45) is 4.79. The van der Waals surface area contributed by atoms with E-state index in [0.717, 1.165) is 17.9 Å². The largest absolute Gasteiger partial charge is 0.361 e. The van der Waals surface area contributed by atoms with E-state index in [1.165, 1.54) is 24.8 Å². The monoisotopic (exact) mass is 167 g/mol. The van der Waals surface area contributed by atoms with Gasteiger partial charge in [-0.25, -0.2) is 0 Å². The molecule has 0 unspecified atom stereocenters. The van der Waals surface area contributed by atoms with Crippen molar-refractivity contribution in [3.05, 3.63) is 17.0 Å². The van der Waals surface area contributed by atoms with Crippen LogP contribution in [0.15, 0.2) is 4.52 Å². The lowest BCUT2D eigenvalue weighted by molar-refractivity contribution is 0.375. The summed E-state index contributed by atoms with van der Waals surface area (Å²) in [5, 5.41) is 3.92. The molecule has 0 aliphatic heterocycles. The van der Waals surface area contributed by atoms with Crippen LogP contribution in [-0.2, 0) is 6.42 Å². The van der Waals surface area contributed by atoms with Crippen LogP contribution in [0.25, 0.3) is 0 Å². The van der Waals surface area contributed by atoms with Crippen LogP contribution in [0.1, 0.15) is 43.2 Å². The van der Waals surface area contributed by atoms with Crippen molar-refractivity contribution in [3.8, 4) is 0 Å². The van der Waals surface area contributed by atoms with E-state index in [9.17, 15) is 0 Å². The minimum absolute atomic E-state index is 1.03. The van der Waals surface area contributed by atoms with E-state index in [1.54, 1.807) is 0 Å². The third-order valence-corrected chi connectivity index (χ3v) is 2.26. The molecular weight excluding hydrogens is 150 g/mol. The Labute approximate surface area is 74.0 Å². The van der Waals surface area contributed by atoms with Crippen molar-refractivity contribution in [2.24, 2.45) is 0 Å². The first-order chi connectivity index (χ1) is 5.75. The van der Waals surface area contributed by atoms with Gasteiger partial charge in [0, 0.05) is 12.0 Å². The Morgan fingerprint density at radius 3 is 2.50 bits per heavy atom. The highest BCUT2D eigenvalue weighted by atomic mass is 16.5. The highest BCUT2D eigenvalue weighted by molar-refractivity contribution is 5.19. The van der Waals surface area contributed by atoms with E-state index in [4.69, 9.17) is 4.52 Å². The number of rotatable bonds is 4. The highest BCUT2D eigenvalue weighted by Crippen LogP contribution is 2.14. The van der Waals surface area contributed by atoms with Crippen molar-refractivity contribution in [1.29, 1.82) is 0 Å². The topological polar surface area (TPSA) is 26.0 Å². The van der Waals surface area contributed by atoms with Crippen LogP contribution >= 0.6 is 0 Å². The number of hydrogen-bond acceptors (Lipinski definition) is 2. The third kappa shape index (κ3) is 2.10. The summed E-state index contributed by atoms with van der Waals surface area (Å²) in [5.74, 6) is 1.07. The maximum Gasteiger partial charge on any atom is 0.139 e. The molecule has 12 heavy (non-hydrogen) atoms. The van der Waals surface area contributed by atoms with Crippen LogP contribution in [0, 0.1) is 13.8 Å². The molecule has 0 fully saturated rings. The molecule has 0 aromatic carbocycles.